The second-order valence-electron chi connectivity index (χ2n) is 7.95. The van der Waals surface area contributed by atoms with Crippen molar-refractivity contribution in [2.24, 2.45) is 17.8 Å². The van der Waals surface area contributed by atoms with Crippen molar-refractivity contribution in [1.82, 2.24) is 4.90 Å². The van der Waals surface area contributed by atoms with E-state index in [1.807, 2.05) is 18.2 Å². The zero-order valence-electron chi connectivity index (χ0n) is 12.3. The Hall–Kier alpha value is -1.51. The zero-order valence-corrected chi connectivity index (χ0v) is 12.3. The summed E-state index contributed by atoms with van der Waals surface area (Å²) < 4.78 is 0. The van der Waals surface area contributed by atoms with Gasteiger partial charge in [0, 0.05) is 23.3 Å². The van der Waals surface area contributed by atoms with Crippen LogP contribution >= 0.6 is 0 Å². The smallest absolute Gasteiger partial charge is 0.255 e. The molecule has 4 aliphatic carbocycles. The first-order chi connectivity index (χ1) is 10.1. The molecule has 110 valence electrons. The molecule has 1 aromatic rings. The quantitative estimate of drug-likeness (QED) is 0.804. The molecular weight excluding hydrogens is 260 g/mol. The molecule has 1 aromatic carbocycles. The van der Waals surface area contributed by atoms with Gasteiger partial charge >= 0.3 is 0 Å². The lowest BCUT2D eigenvalue weighted by Crippen LogP contribution is -2.59. The molecule has 2 N–H and O–H groups in total. The highest BCUT2D eigenvalue weighted by molar-refractivity contribution is 5.99. The average Bonchev–Trinajstić information content (AvgIpc) is 2.75. The van der Waals surface area contributed by atoms with Crippen LogP contribution in [0.3, 0.4) is 0 Å². The second kappa shape index (κ2) is 3.82. The largest absolute Gasteiger partial charge is 0.399 e. The van der Waals surface area contributed by atoms with Gasteiger partial charge in [0.1, 0.15) is 0 Å². The Kier molecular flexibility index (Phi) is 2.20. The summed E-state index contributed by atoms with van der Waals surface area (Å²) >= 11 is 0. The number of carbonyl (C=O) groups is 1. The maximum Gasteiger partial charge on any atom is 0.255 e. The van der Waals surface area contributed by atoms with E-state index in [1.165, 1.54) is 44.1 Å². The fourth-order valence-electron chi connectivity index (χ4n) is 6.10. The summed E-state index contributed by atoms with van der Waals surface area (Å²) in [4.78, 5) is 15.2. The van der Waals surface area contributed by atoms with E-state index < -0.39 is 0 Å². The Morgan fingerprint density at radius 3 is 2.29 bits per heavy atom. The second-order valence-corrected chi connectivity index (χ2v) is 7.95. The van der Waals surface area contributed by atoms with Crippen LogP contribution in [-0.2, 0) is 6.54 Å². The molecule has 1 amide bonds. The number of amides is 1. The molecule has 1 aliphatic heterocycles. The molecule has 0 radical (unpaired) electrons. The van der Waals surface area contributed by atoms with E-state index in [4.69, 9.17) is 5.73 Å². The molecule has 0 spiro atoms. The van der Waals surface area contributed by atoms with Gasteiger partial charge in [-0.15, -0.1) is 0 Å². The number of nitrogens with zero attached hydrogens (tertiary/aromatic N) is 1. The predicted molar refractivity (Wildman–Crippen MR) is 81.6 cm³/mol. The van der Waals surface area contributed by atoms with Gasteiger partial charge in [-0.1, -0.05) is 6.07 Å². The van der Waals surface area contributed by atoms with Crippen molar-refractivity contribution >= 4 is 11.6 Å². The molecule has 3 nitrogen and oxygen atoms in total. The van der Waals surface area contributed by atoms with Crippen molar-refractivity contribution in [2.45, 2.75) is 50.6 Å². The Balaban J connectivity index is 1.53. The first-order valence-electron chi connectivity index (χ1n) is 8.33. The number of nitrogens with two attached hydrogens (primary N) is 1. The first kappa shape index (κ1) is 12.1. The third kappa shape index (κ3) is 1.58. The summed E-state index contributed by atoms with van der Waals surface area (Å²) in [6.45, 7) is 0.806. The van der Waals surface area contributed by atoms with Crippen LogP contribution in [0.25, 0.3) is 0 Å². The highest BCUT2D eigenvalue weighted by Crippen LogP contribution is 2.58. The maximum absolute atomic E-state index is 12.9. The Labute approximate surface area is 125 Å². The maximum atomic E-state index is 12.9. The number of carbonyl (C=O) groups excluding carboxylic acids is 1. The Morgan fingerprint density at radius 2 is 1.67 bits per heavy atom. The molecule has 0 saturated heterocycles. The molecule has 6 rings (SSSR count). The van der Waals surface area contributed by atoms with Gasteiger partial charge in [-0.25, -0.2) is 0 Å². The summed E-state index contributed by atoms with van der Waals surface area (Å²) in [5.41, 5.74) is 8.77. The summed E-state index contributed by atoms with van der Waals surface area (Å²) in [6, 6.07) is 5.84. The zero-order chi connectivity index (χ0) is 14.2. The third-order valence-electron chi connectivity index (χ3n) is 6.52. The molecule has 5 aliphatic rings. The minimum atomic E-state index is 0.166. The van der Waals surface area contributed by atoms with Crippen LogP contribution in [-0.4, -0.2) is 16.3 Å². The normalized spacial score (nSPS) is 39.9. The first-order valence-corrected chi connectivity index (χ1v) is 8.33. The van der Waals surface area contributed by atoms with Gasteiger partial charge < -0.3 is 10.6 Å². The van der Waals surface area contributed by atoms with Crippen LogP contribution in [0.2, 0.25) is 0 Å². The van der Waals surface area contributed by atoms with Crippen LogP contribution in [0.1, 0.15) is 54.4 Å². The van der Waals surface area contributed by atoms with E-state index in [1.54, 1.807) is 0 Å². The lowest BCUT2D eigenvalue weighted by Gasteiger charge is -2.59. The van der Waals surface area contributed by atoms with Gasteiger partial charge in [-0.05, 0) is 74.0 Å². The van der Waals surface area contributed by atoms with E-state index in [0.29, 0.717) is 5.69 Å². The molecule has 21 heavy (non-hydrogen) atoms. The SMILES string of the molecule is Nc1ccc2c(c1)C(=O)N(C13CC4CC(CC(C4)C1)C3)C2. The molecule has 3 heteroatoms. The summed E-state index contributed by atoms with van der Waals surface area (Å²) in [5, 5.41) is 0. The van der Waals surface area contributed by atoms with Crippen molar-refractivity contribution in [2.75, 3.05) is 5.73 Å². The van der Waals surface area contributed by atoms with Gasteiger partial charge in [-0.3, -0.25) is 4.79 Å². The van der Waals surface area contributed by atoms with Gasteiger partial charge in [0.15, 0.2) is 0 Å². The van der Waals surface area contributed by atoms with E-state index in [0.717, 1.165) is 29.9 Å². The number of hydrogen-bond donors (Lipinski definition) is 1. The van der Waals surface area contributed by atoms with Crippen molar-refractivity contribution < 1.29 is 4.79 Å². The molecule has 0 atom stereocenters. The van der Waals surface area contributed by atoms with E-state index in [9.17, 15) is 4.79 Å². The monoisotopic (exact) mass is 282 g/mol. The van der Waals surface area contributed by atoms with Crippen LogP contribution in [0.4, 0.5) is 5.69 Å². The van der Waals surface area contributed by atoms with Gasteiger partial charge in [0.05, 0.1) is 0 Å². The molecule has 0 aromatic heterocycles. The third-order valence-corrected chi connectivity index (χ3v) is 6.52. The lowest BCUT2D eigenvalue weighted by atomic mass is 9.52. The van der Waals surface area contributed by atoms with Gasteiger partial charge in [0.25, 0.3) is 5.91 Å². The van der Waals surface area contributed by atoms with Crippen molar-refractivity contribution in [3.05, 3.63) is 29.3 Å². The van der Waals surface area contributed by atoms with Crippen molar-refractivity contribution in [1.29, 1.82) is 0 Å². The standard InChI is InChI=1S/C18H22N2O/c19-15-2-1-14-10-20(17(21)16(14)6-15)18-7-11-3-12(8-18)5-13(4-11)9-18/h1-2,6,11-13H,3-5,7-10,19H2. The van der Waals surface area contributed by atoms with Crippen LogP contribution in [0.5, 0.6) is 0 Å². The van der Waals surface area contributed by atoms with Crippen LogP contribution in [0.15, 0.2) is 18.2 Å². The fraction of sp³-hybridized carbons (Fsp3) is 0.611. The van der Waals surface area contributed by atoms with Crippen molar-refractivity contribution in [3.8, 4) is 0 Å². The lowest BCUT2D eigenvalue weighted by molar-refractivity contribution is -0.0748. The van der Waals surface area contributed by atoms with E-state index in [-0.39, 0.29) is 11.4 Å². The summed E-state index contributed by atoms with van der Waals surface area (Å²) in [7, 11) is 0. The number of hydrogen-bond acceptors (Lipinski definition) is 2. The Morgan fingerprint density at radius 1 is 1.05 bits per heavy atom. The number of benzene rings is 1. The Bertz CT molecular complexity index is 601. The summed E-state index contributed by atoms with van der Waals surface area (Å²) in [6.07, 6.45) is 7.99. The van der Waals surface area contributed by atoms with Crippen LogP contribution < -0.4 is 5.73 Å². The summed E-state index contributed by atoms with van der Waals surface area (Å²) in [5.74, 6) is 2.85. The molecular formula is C18H22N2O. The number of fused-ring (bicyclic) bond motifs is 1. The highest BCUT2D eigenvalue weighted by atomic mass is 16.2. The minimum Gasteiger partial charge on any atom is -0.399 e. The molecule has 4 saturated carbocycles. The van der Waals surface area contributed by atoms with Crippen molar-refractivity contribution in [3.63, 3.8) is 0 Å². The topological polar surface area (TPSA) is 46.3 Å². The van der Waals surface area contributed by atoms with Crippen LogP contribution in [0, 0.1) is 17.8 Å². The van der Waals surface area contributed by atoms with E-state index >= 15 is 0 Å². The van der Waals surface area contributed by atoms with Gasteiger partial charge in [-0.2, -0.15) is 0 Å². The average molecular weight is 282 g/mol. The molecule has 4 fully saturated rings. The minimum absolute atomic E-state index is 0.166. The molecule has 0 unspecified atom stereocenters. The van der Waals surface area contributed by atoms with E-state index in [2.05, 4.69) is 4.90 Å². The highest BCUT2D eigenvalue weighted by Gasteiger charge is 2.55. The predicted octanol–water partition coefficient (Wildman–Crippen LogP) is 3.19. The van der Waals surface area contributed by atoms with Gasteiger partial charge in [0.2, 0.25) is 0 Å². The number of rotatable bonds is 1. The number of anilines is 1. The molecule has 4 bridgehead atoms. The number of nitrogen functional groups attached to an aromatic ring is 1. The fourth-order valence-corrected chi connectivity index (χ4v) is 6.10. The molecule has 1 heterocycles.